The Labute approximate surface area is 191 Å². The molecule has 33 heavy (non-hydrogen) atoms. The predicted octanol–water partition coefficient (Wildman–Crippen LogP) is 4.04. The number of aromatic nitrogens is 3. The number of nitrogens with zero attached hydrogens (tertiary/aromatic N) is 4. The van der Waals surface area contributed by atoms with E-state index in [0.29, 0.717) is 28.3 Å². The molecule has 0 aliphatic carbocycles. The Morgan fingerprint density at radius 1 is 1.21 bits per heavy atom. The number of nitrogens with one attached hydrogen (secondary N) is 2. The molecule has 2 N–H and O–H groups in total. The van der Waals surface area contributed by atoms with Crippen LogP contribution in [0.25, 0.3) is 11.0 Å². The van der Waals surface area contributed by atoms with Crippen molar-refractivity contribution in [3.63, 3.8) is 0 Å². The smallest absolute Gasteiger partial charge is 0.343 e. The summed E-state index contributed by atoms with van der Waals surface area (Å²) in [6.07, 6.45) is 1.69. The predicted molar refractivity (Wildman–Crippen MR) is 127 cm³/mol. The summed E-state index contributed by atoms with van der Waals surface area (Å²) in [6.45, 7) is 9.48. The fraction of sp³-hybridized carbons (Fsp3) is 0.292. The largest absolute Gasteiger partial charge is 0.462 e. The number of amidine groups is 1. The molecule has 0 radical (unpaired) electrons. The van der Waals surface area contributed by atoms with E-state index in [-0.39, 0.29) is 24.1 Å². The zero-order chi connectivity index (χ0) is 23.7. The van der Waals surface area contributed by atoms with E-state index in [4.69, 9.17) is 4.74 Å². The first kappa shape index (κ1) is 22.2. The van der Waals surface area contributed by atoms with E-state index in [1.807, 2.05) is 36.7 Å². The molecule has 0 atom stereocenters. The fourth-order valence-corrected chi connectivity index (χ4v) is 3.69. The van der Waals surface area contributed by atoms with Crippen LogP contribution in [0.15, 0.2) is 52.8 Å². The molecule has 2 aromatic heterocycles. The van der Waals surface area contributed by atoms with Crippen molar-refractivity contribution >= 4 is 40.1 Å². The van der Waals surface area contributed by atoms with Crippen molar-refractivity contribution < 1.29 is 14.3 Å². The second-order valence-corrected chi connectivity index (χ2v) is 7.99. The van der Waals surface area contributed by atoms with Gasteiger partial charge in [-0.15, -0.1) is 0 Å². The lowest BCUT2D eigenvalue weighted by molar-refractivity contribution is -0.137. The number of ether oxygens (including phenoxy) is 1. The van der Waals surface area contributed by atoms with Gasteiger partial charge >= 0.3 is 5.97 Å². The van der Waals surface area contributed by atoms with E-state index in [1.54, 1.807) is 39.1 Å². The number of carbonyl (C=O) groups excluding carboxylic acids is 2. The Hall–Kier alpha value is -4.01. The summed E-state index contributed by atoms with van der Waals surface area (Å²) >= 11 is 0. The van der Waals surface area contributed by atoms with Gasteiger partial charge in [0.2, 0.25) is 0 Å². The number of para-hydroxylation sites is 2. The Bertz CT molecular complexity index is 1320. The minimum Gasteiger partial charge on any atom is -0.462 e. The molecule has 0 spiro atoms. The molecular formula is C24H26N6O3. The molecule has 0 unspecified atom stereocenters. The number of hydrogen-bond donors (Lipinski definition) is 2. The van der Waals surface area contributed by atoms with Crippen LogP contribution in [0.3, 0.4) is 0 Å². The second kappa shape index (κ2) is 8.85. The standard InChI is InChI=1S/C24H26N6O3/c1-6-33-24(32)20-15(5)26-18-9-7-8-10-19(18)28-21(20)29-23(31)17-11-16-12-25-30(13(2)3)22(16)27-14(17)4/h7-13,26H,6H2,1-5H3,(H,28,29,31). The van der Waals surface area contributed by atoms with Crippen LogP contribution in [0.5, 0.6) is 0 Å². The van der Waals surface area contributed by atoms with Gasteiger partial charge in [0.15, 0.2) is 5.65 Å². The van der Waals surface area contributed by atoms with Gasteiger partial charge in [-0.3, -0.25) is 4.79 Å². The van der Waals surface area contributed by atoms with E-state index in [1.165, 1.54) is 0 Å². The Morgan fingerprint density at radius 3 is 2.70 bits per heavy atom. The number of esters is 1. The summed E-state index contributed by atoms with van der Waals surface area (Å²) in [5, 5.41) is 11.1. The third-order valence-electron chi connectivity index (χ3n) is 5.28. The molecule has 9 heteroatoms. The van der Waals surface area contributed by atoms with Gasteiger partial charge < -0.3 is 15.4 Å². The summed E-state index contributed by atoms with van der Waals surface area (Å²) in [4.78, 5) is 35.3. The number of allylic oxidation sites excluding steroid dienone is 1. The van der Waals surface area contributed by atoms with Gasteiger partial charge in [0.1, 0.15) is 11.4 Å². The van der Waals surface area contributed by atoms with Crippen LogP contribution in [0.4, 0.5) is 11.4 Å². The summed E-state index contributed by atoms with van der Waals surface area (Å²) in [7, 11) is 0. The lowest BCUT2D eigenvalue weighted by Gasteiger charge is -2.14. The molecule has 0 bridgehead atoms. The molecule has 0 fully saturated rings. The van der Waals surface area contributed by atoms with Gasteiger partial charge in [0.25, 0.3) is 5.91 Å². The lowest BCUT2D eigenvalue weighted by Crippen LogP contribution is -2.36. The molecule has 1 amide bonds. The van der Waals surface area contributed by atoms with Gasteiger partial charge in [0, 0.05) is 17.1 Å². The van der Waals surface area contributed by atoms with Crippen molar-refractivity contribution in [2.24, 2.45) is 4.99 Å². The maximum atomic E-state index is 13.3. The minimum absolute atomic E-state index is 0.116. The number of fused-ring (bicyclic) bond motifs is 2. The maximum Gasteiger partial charge on any atom is 0.343 e. The first-order valence-corrected chi connectivity index (χ1v) is 10.8. The minimum atomic E-state index is -0.571. The Balaban J connectivity index is 1.76. The van der Waals surface area contributed by atoms with Crippen molar-refractivity contribution in [2.75, 3.05) is 11.9 Å². The van der Waals surface area contributed by atoms with E-state index < -0.39 is 11.9 Å². The van der Waals surface area contributed by atoms with E-state index in [9.17, 15) is 9.59 Å². The molecule has 1 aliphatic heterocycles. The number of hydrogen-bond acceptors (Lipinski definition) is 7. The molecule has 9 nitrogen and oxygen atoms in total. The molecule has 0 saturated heterocycles. The SMILES string of the molecule is CCOC(=O)C1=C(C)Nc2ccccc2N=C1NC(=O)c1cc2cnn(C(C)C)c2nc1C. The Morgan fingerprint density at radius 2 is 1.97 bits per heavy atom. The number of benzene rings is 1. The topological polar surface area (TPSA) is 110 Å². The highest BCUT2D eigenvalue weighted by atomic mass is 16.5. The summed E-state index contributed by atoms with van der Waals surface area (Å²) in [6, 6.07) is 9.25. The average molecular weight is 447 g/mol. The first-order valence-electron chi connectivity index (χ1n) is 10.8. The molecule has 1 aliphatic rings. The van der Waals surface area contributed by atoms with Crippen LogP contribution < -0.4 is 10.6 Å². The highest BCUT2D eigenvalue weighted by Gasteiger charge is 2.27. The van der Waals surface area contributed by atoms with Crippen molar-refractivity contribution in [1.29, 1.82) is 0 Å². The molecular weight excluding hydrogens is 420 g/mol. The van der Waals surface area contributed by atoms with Gasteiger partial charge in [-0.2, -0.15) is 5.10 Å². The monoisotopic (exact) mass is 446 g/mol. The van der Waals surface area contributed by atoms with Crippen LogP contribution in [0, 0.1) is 6.92 Å². The third-order valence-corrected chi connectivity index (χ3v) is 5.28. The number of pyridine rings is 1. The van der Waals surface area contributed by atoms with Crippen molar-refractivity contribution in [2.45, 2.75) is 40.7 Å². The van der Waals surface area contributed by atoms with E-state index >= 15 is 0 Å². The fourth-order valence-electron chi connectivity index (χ4n) is 3.69. The van der Waals surface area contributed by atoms with E-state index in [2.05, 4.69) is 25.7 Å². The molecule has 0 saturated carbocycles. The van der Waals surface area contributed by atoms with E-state index in [0.717, 1.165) is 11.1 Å². The first-order chi connectivity index (χ1) is 15.8. The number of aryl methyl sites for hydroxylation is 1. The summed E-state index contributed by atoms with van der Waals surface area (Å²) in [5.74, 6) is -0.879. The maximum absolute atomic E-state index is 13.3. The number of rotatable bonds is 4. The quantitative estimate of drug-likeness (QED) is 0.585. The normalized spacial score (nSPS) is 13.3. The van der Waals surface area contributed by atoms with Crippen LogP contribution in [-0.4, -0.2) is 39.1 Å². The number of anilines is 1. The zero-order valence-corrected chi connectivity index (χ0v) is 19.3. The summed E-state index contributed by atoms with van der Waals surface area (Å²) < 4.78 is 7.05. The molecule has 1 aromatic carbocycles. The van der Waals surface area contributed by atoms with Gasteiger partial charge in [0.05, 0.1) is 35.4 Å². The van der Waals surface area contributed by atoms with Crippen LogP contribution in [0.2, 0.25) is 0 Å². The zero-order valence-electron chi connectivity index (χ0n) is 19.3. The van der Waals surface area contributed by atoms with Crippen LogP contribution in [0.1, 0.15) is 49.8 Å². The van der Waals surface area contributed by atoms with Crippen LogP contribution >= 0.6 is 0 Å². The van der Waals surface area contributed by atoms with Gasteiger partial charge in [-0.1, -0.05) is 12.1 Å². The molecule has 3 aromatic rings. The highest BCUT2D eigenvalue weighted by molar-refractivity contribution is 6.26. The van der Waals surface area contributed by atoms with Crippen molar-refractivity contribution in [1.82, 2.24) is 20.1 Å². The number of carbonyl (C=O) groups is 2. The van der Waals surface area contributed by atoms with Crippen molar-refractivity contribution in [3.8, 4) is 0 Å². The second-order valence-electron chi connectivity index (χ2n) is 7.99. The molecule has 4 rings (SSSR count). The number of amides is 1. The van der Waals surface area contributed by atoms with Crippen molar-refractivity contribution in [3.05, 3.63) is 59.1 Å². The summed E-state index contributed by atoms with van der Waals surface area (Å²) in [5.41, 5.74) is 3.65. The molecule has 3 heterocycles. The lowest BCUT2D eigenvalue weighted by atomic mass is 10.1. The van der Waals surface area contributed by atoms with Crippen LogP contribution in [-0.2, 0) is 9.53 Å². The van der Waals surface area contributed by atoms with Gasteiger partial charge in [-0.25, -0.2) is 19.5 Å². The average Bonchev–Trinajstić information content (AvgIpc) is 3.11. The highest BCUT2D eigenvalue weighted by Crippen LogP contribution is 2.30. The number of aliphatic imine (C=N–C) groups is 1. The van der Waals surface area contributed by atoms with Gasteiger partial charge in [-0.05, 0) is 52.8 Å². The molecule has 170 valence electrons. The Kier molecular flexibility index (Phi) is 5.95. The third kappa shape index (κ3) is 4.21.